The van der Waals surface area contributed by atoms with Crippen molar-refractivity contribution in [2.45, 2.75) is 5.41 Å². The Balaban J connectivity index is 0.969. The molecule has 2 aliphatic rings. The molecule has 0 amide bonds. The zero-order valence-corrected chi connectivity index (χ0v) is 40.5. The van der Waals surface area contributed by atoms with Crippen LogP contribution in [-0.4, -0.2) is 19.9 Å². The van der Waals surface area contributed by atoms with Gasteiger partial charge in [-0.25, -0.2) is 15.0 Å². The Bertz CT molecular complexity index is 4650. The number of aromatic nitrogens is 4. The molecule has 2 aliphatic carbocycles. The molecule has 0 aliphatic heterocycles. The molecule has 0 atom stereocenters. The maximum Gasteiger partial charge on any atom is 0.160 e. The van der Waals surface area contributed by atoms with Crippen molar-refractivity contribution >= 4 is 54.1 Å². The van der Waals surface area contributed by atoms with Gasteiger partial charge in [-0.1, -0.05) is 218 Å². The lowest BCUT2D eigenvalue weighted by atomic mass is 9.70. The highest BCUT2D eigenvalue weighted by atomic mass is 14.9. The Morgan fingerprint density at radius 2 is 0.773 bits per heavy atom. The molecule has 2 heterocycles. The van der Waals surface area contributed by atoms with Crippen LogP contribution in [0.4, 0.5) is 0 Å². The lowest BCUT2D eigenvalue weighted by Crippen LogP contribution is -2.25. The van der Waals surface area contributed by atoms with Gasteiger partial charge in [0.25, 0.3) is 0 Å². The van der Waals surface area contributed by atoms with Gasteiger partial charge in [0, 0.05) is 33.0 Å². The average Bonchev–Trinajstić information content (AvgIpc) is 4.13. The molecule has 4 heteroatoms. The van der Waals surface area contributed by atoms with E-state index in [0.29, 0.717) is 5.82 Å². The SMILES string of the molecule is c1ccc(-c2cc(-c3cccc4c3-c3ccccc3C43c4ccccc4-c4ccccc43)nc(-c3cc(-c4cnc5c6ccccc6c6ccccc6c5n4)cc(-c4cc5ccccc5c5ccccc45)c3)n2)cc1. The molecule has 0 saturated heterocycles. The van der Waals surface area contributed by atoms with Crippen LogP contribution >= 0.6 is 0 Å². The van der Waals surface area contributed by atoms with Gasteiger partial charge in [-0.05, 0) is 118 Å². The highest BCUT2D eigenvalue weighted by molar-refractivity contribution is 6.23. The minimum absolute atomic E-state index is 0.488. The molecule has 16 rings (SSSR count). The standard InChI is InChI=1S/C71H42N4/c1-2-19-43(20-3-1)64-41-65(58-32-18-36-63-67(58)57-31-14-17-35-62(57)71(63)60-33-15-12-27-53(60)54-28-13-16-34-61(54)71)75-70(74-64)47-38-45(59-40-44-21-4-5-22-48(44)49-23-6-7-26-52(49)59)37-46(39-47)66-42-72-68-55-29-10-8-24-50(55)51-25-9-11-30-56(51)69(68)73-66/h1-42H. The molecular weight excluding hydrogens is 909 g/mol. The molecule has 0 saturated carbocycles. The Hall–Kier alpha value is -9.90. The van der Waals surface area contributed by atoms with Crippen LogP contribution in [0.15, 0.2) is 255 Å². The second-order valence-electron chi connectivity index (χ2n) is 20.0. The summed E-state index contributed by atoms with van der Waals surface area (Å²) in [5.74, 6) is 0.625. The molecular formula is C71H42N4. The zero-order chi connectivity index (χ0) is 49.2. The third-order valence-corrected chi connectivity index (χ3v) is 16.1. The van der Waals surface area contributed by atoms with E-state index in [4.69, 9.17) is 19.9 Å². The summed E-state index contributed by atoms with van der Waals surface area (Å²) in [4.78, 5) is 22.1. The predicted octanol–water partition coefficient (Wildman–Crippen LogP) is 17.7. The summed E-state index contributed by atoms with van der Waals surface area (Å²) in [7, 11) is 0. The van der Waals surface area contributed by atoms with Crippen molar-refractivity contribution in [3.8, 4) is 78.5 Å². The number of benzene rings is 12. The van der Waals surface area contributed by atoms with Gasteiger partial charge in [-0.3, -0.25) is 4.98 Å². The molecule has 2 aromatic heterocycles. The van der Waals surface area contributed by atoms with Gasteiger partial charge in [-0.2, -0.15) is 0 Å². The molecule has 1 spiro atoms. The fourth-order valence-electron chi connectivity index (χ4n) is 12.9. The maximum absolute atomic E-state index is 5.71. The minimum atomic E-state index is -0.488. The smallest absolute Gasteiger partial charge is 0.160 e. The number of hydrogen-bond acceptors (Lipinski definition) is 4. The van der Waals surface area contributed by atoms with Crippen molar-refractivity contribution in [3.63, 3.8) is 0 Å². The molecule has 0 N–H and O–H groups in total. The molecule has 75 heavy (non-hydrogen) atoms. The van der Waals surface area contributed by atoms with Crippen LogP contribution in [0.3, 0.4) is 0 Å². The van der Waals surface area contributed by atoms with Crippen LogP contribution in [0.25, 0.3) is 133 Å². The van der Waals surface area contributed by atoms with Crippen LogP contribution in [0.5, 0.6) is 0 Å². The van der Waals surface area contributed by atoms with Crippen LogP contribution in [0, 0.1) is 0 Å². The van der Waals surface area contributed by atoms with Gasteiger partial charge >= 0.3 is 0 Å². The third kappa shape index (κ3) is 6.05. The van der Waals surface area contributed by atoms with Crippen LogP contribution in [-0.2, 0) is 5.41 Å². The van der Waals surface area contributed by atoms with E-state index in [1.165, 1.54) is 71.4 Å². The van der Waals surface area contributed by atoms with E-state index in [9.17, 15) is 0 Å². The fourth-order valence-corrected chi connectivity index (χ4v) is 12.9. The van der Waals surface area contributed by atoms with Crippen molar-refractivity contribution in [3.05, 3.63) is 277 Å². The molecule has 0 unspecified atom stereocenters. The predicted molar refractivity (Wildman–Crippen MR) is 309 cm³/mol. The van der Waals surface area contributed by atoms with E-state index in [2.05, 4.69) is 249 Å². The van der Waals surface area contributed by atoms with E-state index in [1.54, 1.807) is 0 Å². The first kappa shape index (κ1) is 41.7. The van der Waals surface area contributed by atoms with Crippen molar-refractivity contribution in [1.29, 1.82) is 0 Å². The fraction of sp³-hybridized carbons (Fsp3) is 0.0141. The van der Waals surface area contributed by atoms with E-state index in [-0.39, 0.29) is 0 Å². The summed E-state index contributed by atoms with van der Waals surface area (Å²) in [5, 5.41) is 9.26. The first-order valence-corrected chi connectivity index (χ1v) is 25.7. The molecule has 0 radical (unpaired) electrons. The summed E-state index contributed by atoms with van der Waals surface area (Å²) in [6, 6.07) is 90.1. The number of hydrogen-bond donors (Lipinski definition) is 0. The van der Waals surface area contributed by atoms with E-state index >= 15 is 0 Å². The number of nitrogens with zero attached hydrogens (tertiary/aromatic N) is 4. The normalized spacial score (nSPS) is 12.9. The molecule has 14 aromatic rings. The van der Waals surface area contributed by atoms with Crippen molar-refractivity contribution in [2.75, 3.05) is 0 Å². The van der Waals surface area contributed by atoms with E-state index < -0.39 is 5.41 Å². The van der Waals surface area contributed by atoms with Crippen LogP contribution < -0.4 is 0 Å². The first-order chi connectivity index (χ1) is 37.2. The molecule has 346 valence electrons. The van der Waals surface area contributed by atoms with Gasteiger partial charge < -0.3 is 0 Å². The second-order valence-corrected chi connectivity index (χ2v) is 20.0. The number of fused-ring (bicyclic) bond motifs is 19. The lowest BCUT2D eigenvalue weighted by molar-refractivity contribution is 0.794. The third-order valence-electron chi connectivity index (χ3n) is 16.1. The molecule has 0 bridgehead atoms. The maximum atomic E-state index is 5.71. The number of rotatable bonds is 5. The quantitative estimate of drug-likeness (QED) is 0.161. The summed E-state index contributed by atoms with van der Waals surface area (Å²) in [5.41, 5.74) is 20.0. The zero-order valence-electron chi connectivity index (χ0n) is 40.5. The summed E-state index contributed by atoms with van der Waals surface area (Å²) in [6.07, 6.45) is 1.94. The first-order valence-electron chi connectivity index (χ1n) is 25.7. The molecule has 12 aromatic carbocycles. The Morgan fingerprint density at radius 3 is 1.49 bits per heavy atom. The van der Waals surface area contributed by atoms with Gasteiger partial charge in [0.15, 0.2) is 5.82 Å². The highest BCUT2D eigenvalue weighted by Crippen LogP contribution is 2.64. The lowest BCUT2D eigenvalue weighted by Gasteiger charge is -2.30. The van der Waals surface area contributed by atoms with Crippen molar-refractivity contribution in [1.82, 2.24) is 19.9 Å². The Labute approximate surface area is 433 Å². The highest BCUT2D eigenvalue weighted by Gasteiger charge is 2.52. The van der Waals surface area contributed by atoms with E-state index in [1.807, 2.05) is 6.20 Å². The van der Waals surface area contributed by atoms with Gasteiger partial charge in [0.1, 0.15) is 0 Å². The Morgan fingerprint density at radius 1 is 0.267 bits per heavy atom. The van der Waals surface area contributed by atoms with Crippen molar-refractivity contribution < 1.29 is 0 Å². The monoisotopic (exact) mass is 950 g/mol. The molecule has 4 nitrogen and oxygen atoms in total. The summed E-state index contributed by atoms with van der Waals surface area (Å²) in [6.45, 7) is 0. The van der Waals surface area contributed by atoms with Gasteiger partial charge in [-0.15, -0.1) is 0 Å². The average molecular weight is 951 g/mol. The summed E-state index contributed by atoms with van der Waals surface area (Å²) < 4.78 is 0. The minimum Gasteiger partial charge on any atom is -0.252 e. The topological polar surface area (TPSA) is 51.6 Å². The summed E-state index contributed by atoms with van der Waals surface area (Å²) >= 11 is 0. The largest absolute Gasteiger partial charge is 0.252 e. The molecule has 0 fully saturated rings. The van der Waals surface area contributed by atoms with Gasteiger partial charge in [0.2, 0.25) is 0 Å². The van der Waals surface area contributed by atoms with Gasteiger partial charge in [0.05, 0.1) is 39.7 Å². The van der Waals surface area contributed by atoms with Crippen LogP contribution in [0.2, 0.25) is 0 Å². The van der Waals surface area contributed by atoms with E-state index in [0.717, 1.165) is 77.7 Å². The van der Waals surface area contributed by atoms with Crippen molar-refractivity contribution in [2.24, 2.45) is 0 Å². The van der Waals surface area contributed by atoms with Crippen LogP contribution in [0.1, 0.15) is 22.3 Å². The Kier molecular flexibility index (Phi) is 8.92. The second kappa shape index (κ2) is 16.1.